The highest BCUT2D eigenvalue weighted by Gasteiger charge is 2.28. The molecule has 10 heteroatoms. The van der Waals surface area contributed by atoms with E-state index in [0.29, 0.717) is 30.6 Å². The third-order valence-corrected chi connectivity index (χ3v) is 5.68. The highest BCUT2D eigenvalue weighted by atomic mass is 32.2. The number of benzene rings is 1. The van der Waals surface area contributed by atoms with E-state index in [4.69, 9.17) is 14.0 Å². The molecular weight excluding hydrogens is 398 g/mol. The molecule has 3 rings (SSSR count). The lowest BCUT2D eigenvalue weighted by Gasteiger charge is -2.30. The fraction of sp³-hybridized carbons (Fsp3) is 0.526. The van der Waals surface area contributed by atoms with E-state index in [1.54, 1.807) is 17.0 Å². The fourth-order valence-corrected chi connectivity index (χ4v) is 3.65. The van der Waals surface area contributed by atoms with Gasteiger partial charge in [0, 0.05) is 25.3 Å². The Bertz CT molecular complexity index is 931. The highest BCUT2D eigenvalue weighted by molar-refractivity contribution is 7.90. The van der Waals surface area contributed by atoms with Crippen molar-refractivity contribution in [1.29, 1.82) is 0 Å². The molecule has 1 aromatic carbocycles. The molecule has 1 saturated heterocycles. The fourth-order valence-electron chi connectivity index (χ4n) is 3.02. The van der Waals surface area contributed by atoms with Crippen LogP contribution in [0, 0.1) is 0 Å². The lowest BCUT2D eigenvalue weighted by Crippen LogP contribution is -2.39. The zero-order valence-corrected chi connectivity index (χ0v) is 17.5. The third-order valence-electron chi connectivity index (χ3n) is 4.55. The van der Waals surface area contributed by atoms with Gasteiger partial charge in [-0.05, 0) is 51.0 Å². The quantitative estimate of drug-likeness (QED) is 0.697. The van der Waals surface area contributed by atoms with Crippen LogP contribution in [0.1, 0.15) is 44.3 Å². The standard InChI is InChI=1S/C19H25N3O6S/c1-13(2)27-19(23)22-10-8-14(9-11-22)18-20-17(28-21-18)12-26-15-4-6-16(7-5-15)29(3,24)25/h4-7,13-14H,8-12H2,1-3H3. The summed E-state index contributed by atoms with van der Waals surface area (Å²) in [5.74, 6) is 1.57. The van der Waals surface area contributed by atoms with Crippen molar-refractivity contribution in [3.63, 3.8) is 0 Å². The van der Waals surface area contributed by atoms with Gasteiger partial charge in [0.15, 0.2) is 22.3 Å². The molecule has 9 nitrogen and oxygen atoms in total. The van der Waals surface area contributed by atoms with Crippen molar-refractivity contribution in [1.82, 2.24) is 15.0 Å². The van der Waals surface area contributed by atoms with Crippen molar-refractivity contribution in [3.8, 4) is 5.75 Å². The van der Waals surface area contributed by atoms with Gasteiger partial charge in [-0.25, -0.2) is 13.2 Å². The maximum atomic E-state index is 12.0. The second kappa shape index (κ2) is 8.81. The Balaban J connectivity index is 1.50. The van der Waals surface area contributed by atoms with Gasteiger partial charge < -0.3 is 18.9 Å². The Labute approximate surface area is 169 Å². The van der Waals surface area contributed by atoms with E-state index < -0.39 is 9.84 Å². The summed E-state index contributed by atoms with van der Waals surface area (Å²) in [6.07, 6.45) is 2.20. The largest absolute Gasteiger partial charge is 0.484 e. The van der Waals surface area contributed by atoms with Crippen molar-refractivity contribution < 1.29 is 27.2 Å². The first-order chi connectivity index (χ1) is 13.7. The van der Waals surface area contributed by atoms with Crippen molar-refractivity contribution in [3.05, 3.63) is 36.0 Å². The molecule has 2 aromatic rings. The van der Waals surface area contributed by atoms with Gasteiger partial charge in [-0.1, -0.05) is 5.16 Å². The molecule has 1 aromatic heterocycles. The number of nitrogens with zero attached hydrogens (tertiary/aromatic N) is 3. The van der Waals surface area contributed by atoms with Gasteiger partial charge in [-0.3, -0.25) is 0 Å². The van der Waals surface area contributed by atoms with E-state index in [1.807, 2.05) is 13.8 Å². The summed E-state index contributed by atoms with van der Waals surface area (Å²) in [6, 6.07) is 6.14. The molecule has 1 aliphatic heterocycles. The highest BCUT2D eigenvalue weighted by Crippen LogP contribution is 2.26. The lowest BCUT2D eigenvalue weighted by molar-refractivity contribution is 0.0688. The molecule has 0 bridgehead atoms. The van der Waals surface area contributed by atoms with E-state index in [0.717, 1.165) is 19.1 Å². The molecule has 0 unspecified atom stereocenters. The Morgan fingerprint density at radius 3 is 2.48 bits per heavy atom. The first-order valence-corrected chi connectivity index (χ1v) is 11.3. The van der Waals surface area contributed by atoms with Gasteiger partial charge in [0.2, 0.25) is 0 Å². The molecule has 0 spiro atoms. The van der Waals surface area contributed by atoms with Crippen LogP contribution >= 0.6 is 0 Å². The minimum absolute atomic E-state index is 0.0881. The number of hydrogen-bond acceptors (Lipinski definition) is 8. The van der Waals surface area contributed by atoms with Crippen molar-refractivity contribution in [2.75, 3.05) is 19.3 Å². The van der Waals surface area contributed by atoms with E-state index in [-0.39, 0.29) is 29.6 Å². The van der Waals surface area contributed by atoms with Gasteiger partial charge in [0.1, 0.15) is 5.75 Å². The number of amides is 1. The summed E-state index contributed by atoms with van der Waals surface area (Å²) in [5, 5.41) is 4.04. The number of sulfone groups is 1. The third kappa shape index (κ3) is 5.69. The monoisotopic (exact) mass is 423 g/mol. The first-order valence-electron chi connectivity index (χ1n) is 9.43. The SMILES string of the molecule is CC(C)OC(=O)N1CCC(c2noc(COc3ccc(S(C)(=O)=O)cc3)n2)CC1. The van der Waals surface area contributed by atoms with Crippen LogP contribution in [0.3, 0.4) is 0 Å². The molecule has 1 aliphatic rings. The van der Waals surface area contributed by atoms with Crippen LogP contribution in [0.5, 0.6) is 5.75 Å². The van der Waals surface area contributed by atoms with Gasteiger partial charge in [-0.2, -0.15) is 4.98 Å². The van der Waals surface area contributed by atoms with E-state index in [1.165, 1.54) is 12.1 Å². The molecule has 29 heavy (non-hydrogen) atoms. The van der Waals surface area contributed by atoms with Gasteiger partial charge in [0.05, 0.1) is 11.0 Å². The van der Waals surface area contributed by atoms with Crippen molar-refractivity contribution in [2.45, 2.75) is 50.2 Å². The van der Waals surface area contributed by atoms with E-state index in [2.05, 4.69) is 10.1 Å². The summed E-state index contributed by atoms with van der Waals surface area (Å²) in [6.45, 7) is 4.92. The van der Waals surface area contributed by atoms with Gasteiger partial charge >= 0.3 is 6.09 Å². The van der Waals surface area contributed by atoms with E-state index >= 15 is 0 Å². The van der Waals surface area contributed by atoms with Crippen LogP contribution in [-0.4, -0.2) is 55.0 Å². The molecule has 158 valence electrons. The lowest BCUT2D eigenvalue weighted by atomic mass is 9.96. The summed E-state index contributed by atoms with van der Waals surface area (Å²) < 4.78 is 39.0. The molecule has 2 heterocycles. The van der Waals surface area contributed by atoms with Crippen molar-refractivity contribution >= 4 is 15.9 Å². The molecule has 0 radical (unpaired) electrons. The van der Waals surface area contributed by atoms with Crippen LogP contribution in [-0.2, 0) is 21.2 Å². The molecule has 0 saturated carbocycles. The number of likely N-dealkylation sites (tertiary alicyclic amines) is 1. The number of piperidine rings is 1. The summed E-state index contributed by atoms with van der Waals surface area (Å²) >= 11 is 0. The van der Waals surface area contributed by atoms with Crippen LogP contribution in [0.25, 0.3) is 0 Å². The maximum absolute atomic E-state index is 12.0. The van der Waals surface area contributed by atoms with E-state index in [9.17, 15) is 13.2 Å². The number of carbonyl (C=O) groups is 1. The summed E-state index contributed by atoms with van der Waals surface area (Å²) in [4.78, 5) is 18.3. The van der Waals surface area contributed by atoms with Gasteiger partial charge in [-0.15, -0.1) is 0 Å². The zero-order chi connectivity index (χ0) is 21.0. The number of ether oxygens (including phenoxy) is 2. The molecule has 1 fully saturated rings. The Hall–Kier alpha value is -2.62. The number of rotatable bonds is 6. The number of aromatic nitrogens is 2. The average molecular weight is 423 g/mol. The Morgan fingerprint density at radius 1 is 1.24 bits per heavy atom. The second-order valence-electron chi connectivity index (χ2n) is 7.27. The topological polar surface area (TPSA) is 112 Å². The van der Waals surface area contributed by atoms with Crippen LogP contribution in [0.4, 0.5) is 4.79 Å². The normalized spacial score (nSPS) is 15.5. The minimum atomic E-state index is -3.24. The summed E-state index contributed by atoms with van der Waals surface area (Å²) in [5.41, 5.74) is 0. The average Bonchev–Trinajstić information content (AvgIpc) is 3.15. The van der Waals surface area contributed by atoms with Gasteiger partial charge in [0.25, 0.3) is 5.89 Å². The van der Waals surface area contributed by atoms with Crippen LogP contribution in [0.2, 0.25) is 0 Å². The second-order valence-corrected chi connectivity index (χ2v) is 9.29. The Kier molecular flexibility index (Phi) is 6.41. The minimum Gasteiger partial charge on any atom is -0.484 e. The molecule has 0 N–H and O–H groups in total. The zero-order valence-electron chi connectivity index (χ0n) is 16.7. The molecular formula is C19H25N3O6S. The van der Waals surface area contributed by atoms with Crippen molar-refractivity contribution in [2.24, 2.45) is 0 Å². The first kappa shape index (κ1) is 21.1. The number of carbonyl (C=O) groups excluding carboxylic acids is 1. The molecule has 0 atom stereocenters. The predicted octanol–water partition coefficient (Wildman–Crippen LogP) is 2.78. The molecule has 1 amide bonds. The number of hydrogen-bond donors (Lipinski definition) is 0. The Morgan fingerprint density at radius 2 is 1.90 bits per heavy atom. The molecule has 0 aliphatic carbocycles. The van der Waals surface area contributed by atoms with Crippen LogP contribution in [0.15, 0.2) is 33.7 Å². The predicted molar refractivity (Wildman–Crippen MR) is 103 cm³/mol. The smallest absolute Gasteiger partial charge is 0.410 e. The maximum Gasteiger partial charge on any atom is 0.410 e. The summed E-state index contributed by atoms with van der Waals surface area (Å²) in [7, 11) is -3.24. The van der Waals surface area contributed by atoms with Crippen LogP contribution < -0.4 is 4.74 Å².